The van der Waals surface area contributed by atoms with Crippen LogP contribution in [-0.2, 0) is 18.4 Å². The molecular formula is C11H11ClN3NaO2S. The Morgan fingerprint density at radius 1 is 1.63 bits per heavy atom. The fraction of sp³-hybridized carbons (Fsp3) is 0.273. The third-order valence-corrected chi connectivity index (χ3v) is 3.94. The van der Waals surface area contributed by atoms with Gasteiger partial charge in [0.25, 0.3) is 0 Å². The van der Waals surface area contributed by atoms with Crippen molar-refractivity contribution in [3.63, 3.8) is 0 Å². The summed E-state index contributed by atoms with van der Waals surface area (Å²) < 4.78 is 1.50. The SMILES string of the molecule is Cn1nccc1C(NCc1sccc1Cl)C(=O)[O-].[Na+]. The van der Waals surface area contributed by atoms with E-state index in [2.05, 4.69) is 10.4 Å². The van der Waals surface area contributed by atoms with Crippen LogP contribution in [0.2, 0.25) is 5.02 Å². The minimum atomic E-state index is -1.19. The zero-order valence-electron chi connectivity index (χ0n) is 10.6. The molecule has 0 aliphatic carbocycles. The van der Waals surface area contributed by atoms with E-state index in [1.807, 2.05) is 5.38 Å². The molecule has 19 heavy (non-hydrogen) atoms. The first-order chi connectivity index (χ1) is 8.59. The average Bonchev–Trinajstić information content (AvgIpc) is 2.89. The van der Waals surface area contributed by atoms with Gasteiger partial charge in [-0.25, -0.2) is 0 Å². The Bertz CT molecular complexity index is 558. The van der Waals surface area contributed by atoms with Gasteiger partial charge in [0.1, 0.15) is 0 Å². The molecule has 0 fully saturated rings. The van der Waals surface area contributed by atoms with Crippen LogP contribution in [0.1, 0.15) is 16.6 Å². The Balaban J connectivity index is 0.00000180. The molecule has 0 aliphatic rings. The first-order valence-electron chi connectivity index (χ1n) is 5.23. The van der Waals surface area contributed by atoms with Crippen molar-refractivity contribution in [2.45, 2.75) is 12.6 Å². The molecule has 2 aromatic rings. The molecule has 2 heterocycles. The van der Waals surface area contributed by atoms with Gasteiger partial charge in [0.15, 0.2) is 0 Å². The monoisotopic (exact) mass is 307 g/mol. The molecule has 0 saturated heterocycles. The maximum absolute atomic E-state index is 11.2. The minimum absolute atomic E-state index is 0. The molecule has 0 aromatic carbocycles. The normalized spacial score (nSPS) is 11.9. The number of hydrogen-bond acceptors (Lipinski definition) is 5. The number of nitrogens with zero attached hydrogens (tertiary/aromatic N) is 2. The molecule has 2 rings (SSSR count). The van der Waals surface area contributed by atoms with Gasteiger partial charge in [-0.1, -0.05) is 11.6 Å². The summed E-state index contributed by atoms with van der Waals surface area (Å²) in [6, 6.07) is 2.51. The van der Waals surface area contributed by atoms with Crippen molar-refractivity contribution in [3.8, 4) is 0 Å². The molecule has 2 aromatic heterocycles. The summed E-state index contributed by atoms with van der Waals surface area (Å²) in [5.74, 6) is -1.19. The van der Waals surface area contributed by atoms with Gasteiger partial charge in [-0.05, 0) is 17.5 Å². The van der Waals surface area contributed by atoms with Gasteiger partial charge >= 0.3 is 29.6 Å². The molecular weight excluding hydrogens is 297 g/mol. The van der Waals surface area contributed by atoms with Crippen LogP contribution in [0.15, 0.2) is 23.7 Å². The smallest absolute Gasteiger partial charge is 0.548 e. The molecule has 0 saturated carbocycles. The number of carbonyl (C=O) groups is 1. The molecule has 1 N–H and O–H groups in total. The van der Waals surface area contributed by atoms with Crippen LogP contribution < -0.4 is 40.0 Å². The van der Waals surface area contributed by atoms with Crippen LogP contribution in [0.5, 0.6) is 0 Å². The molecule has 0 amide bonds. The Labute approximate surface area is 141 Å². The fourth-order valence-electron chi connectivity index (χ4n) is 1.62. The van der Waals surface area contributed by atoms with E-state index in [0.717, 1.165) is 4.88 Å². The van der Waals surface area contributed by atoms with Crippen molar-refractivity contribution in [1.29, 1.82) is 0 Å². The molecule has 0 aliphatic heterocycles. The van der Waals surface area contributed by atoms with Crippen molar-refractivity contribution in [3.05, 3.63) is 39.3 Å². The quantitative estimate of drug-likeness (QED) is 0.632. The Kier molecular flexibility index (Phi) is 6.52. The number of nitrogens with one attached hydrogen (secondary N) is 1. The van der Waals surface area contributed by atoms with Crippen LogP contribution in [0, 0.1) is 0 Å². The standard InChI is InChI=1S/C11H12ClN3O2S.Na/c1-15-8(2-4-14-15)10(11(16)17)13-6-9-7(12)3-5-18-9;/h2-5,10,13H,6H2,1H3,(H,16,17);/q;+1/p-1. The number of thiophene rings is 1. The third kappa shape index (κ3) is 4.05. The van der Waals surface area contributed by atoms with Crippen molar-refractivity contribution < 1.29 is 39.5 Å². The number of halogens is 1. The Hall–Kier alpha value is -0.370. The van der Waals surface area contributed by atoms with E-state index in [1.54, 1.807) is 25.4 Å². The maximum atomic E-state index is 11.2. The molecule has 0 spiro atoms. The Morgan fingerprint density at radius 3 is 2.84 bits per heavy atom. The molecule has 0 radical (unpaired) electrons. The average molecular weight is 308 g/mol. The molecule has 1 unspecified atom stereocenters. The Morgan fingerprint density at radius 2 is 2.37 bits per heavy atom. The van der Waals surface area contributed by atoms with Gasteiger partial charge in [0.05, 0.1) is 22.7 Å². The van der Waals surface area contributed by atoms with Gasteiger partial charge in [0.2, 0.25) is 0 Å². The van der Waals surface area contributed by atoms with E-state index < -0.39 is 12.0 Å². The topological polar surface area (TPSA) is 70.0 Å². The number of carboxylic acid groups (broad SMARTS) is 1. The van der Waals surface area contributed by atoms with Gasteiger partial charge in [-0.2, -0.15) is 5.10 Å². The first kappa shape index (κ1) is 16.7. The van der Waals surface area contributed by atoms with E-state index in [9.17, 15) is 9.90 Å². The number of aromatic nitrogens is 2. The largest absolute Gasteiger partial charge is 1.00 e. The molecule has 96 valence electrons. The number of aliphatic carboxylic acids is 1. The van der Waals surface area contributed by atoms with Crippen LogP contribution >= 0.6 is 22.9 Å². The number of carbonyl (C=O) groups excluding carboxylic acids is 1. The molecule has 0 bridgehead atoms. The van der Waals surface area contributed by atoms with Crippen LogP contribution in [0.25, 0.3) is 0 Å². The number of aryl methyl sites for hydroxylation is 1. The predicted octanol–water partition coefficient (Wildman–Crippen LogP) is -2.28. The zero-order chi connectivity index (χ0) is 13.1. The second kappa shape index (κ2) is 7.42. The third-order valence-electron chi connectivity index (χ3n) is 2.55. The van der Waals surface area contributed by atoms with Crippen LogP contribution in [0.3, 0.4) is 0 Å². The van der Waals surface area contributed by atoms with Gasteiger partial charge in [-0.3, -0.25) is 10.00 Å². The minimum Gasteiger partial charge on any atom is -0.548 e. The molecule has 8 heteroatoms. The second-order valence-electron chi connectivity index (χ2n) is 3.70. The molecule has 5 nitrogen and oxygen atoms in total. The van der Waals surface area contributed by atoms with Crippen LogP contribution in [-0.4, -0.2) is 15.7 Å². The van der Waals surface area contributed by atoms with Crippen molar-refractivity contribution in [2.24, 2.45) is 7.05 Å². The summed E-state index contributed by atoms with van der Waals surface area (Å²) in [6.07, 6.45) is 1.55. The van der Waals surface area contributed by atoms with Crippen LogP contribution in [0.4, 0.5) is 0 Å². The van der Waals surface area contributed by atoms with E-state index in [0.29, 0.717) is 17.3 Å². The summed E-state index contributed by atoms with van der Waals surface area (Å²) in [5, 5.41) is 20.5. The van der Waals surface area contributed by atoms with E-state index >= 15 is 0 Å². The summed E-state index contributed by atoms with van der Waals surface area (Å²) in [6.45, 7) is 0.375. The number of rotatable bonds is 5. The summed E-state index contributed by atoms with van der Waals surface area (Å²) in [4.78, 5) is 12.0. The van der Waals surface area contributed by atoms with E-state index in [4.69, 9.17) is 11.6 Å². The summed E-state index contributed by atoms with van der Waals surface area (Å²) in [7, 11) is 1.69. The van der Waals surface area contributed by atoms with Gasteiger partial charge in [0, 0.05) is 24.7 Å². The van der Waals surface area contributed by atoms with Gasteiger partial charge < -0.3 is 9.90 Å². The fourth-order valence-corrected chi connectivity index (χ4v) is 2.68. The predicted molar refractivity (Wildman–Crippen MR) is 67.1 cm³/mol. The summed E-state index contributed by atoms with van der Waals surface area (Å²) in [5.41, 5.74) is 0.544. The first-order valence-corrected chi connectivity index (χ1v) is 6.49. The molecule has 1 atom stereocenters. The maximum Gasteiger partial charge on any atom is 1.00 e. The van der Waals surface area contributed by atoms with Crippen molar-refractivity contribution in [1.82, 2.24) is 15.1 Å². The second-order valence-corrected chi connectivity index (χ2v) is 5.11. The van der Waals surface area contributed by atoms with Gasteiger partial charge in [-0.15, -0.1) is 11.3 Å². The number of hydrogen-bond donors (Lipinski definition) is 1. The summed E-state index contributed by atoms with van der Waals surface area (Å²) >= 11 is 7.42. The van der Waals surface area contributed by atoms with Crippen molar-refractivity contribution in [2.75, 3.05) is 0 Å². The van der Waals surface area contributed by atoms with E-state index in [-0.39, 0.29) is 29.6 Å². The van der Waals surface area contributed by atoms with Crippen molar-refractivity contribution >= 4 is 28.9 Å². The number of carboxylic acids is 1. The zero-order valence-corrected chi connectivity index (χ0v) is 14.2. The van der Waals surface area contributed by atoms with E-state index in [1.165, 1.54) is 16.0 Å².